The highest BCUT2D eigenvalue weighted by Gasteiger charge is 2.53. The first kappa shape index (κ1) is 16.9. The first-order valence-corrected chi connectivity index (χ1v) is 10.7. The maximum Gasteiger partial charge on any atom is 0.192 e. The molecule has 1 saturated heterocycles. The molecular formula is C16H28O4Si. The van der Waals surface area contributed by atoms with Crippen molar-refractivity contribution in [2.45, 2.75) is 70.1 Å². The Labute approximate surface area is 129 Å². The number of rotatable bonds is 5. The number of hydrogen-bond donors (Lipinski definition) is 0. The third-order valence-corrected chi connectivity index (χ3v) is 9.49. The first-order chi connectivity index (χ1) is 9.61. The molecular weight excluding hydrogens is 284 g/mol. The summed E-state index contributed by atoms with van der Waals surface area (Å²) in [5, 5.41) is 0.150. The molecule has 0 amide bonds. The number of fused-ring (bicyclic) bond motifs is 2. The van der Waals surface area contributed by atoms with Gasteiger partial charge in [0.05, 0.1) is 12.7 Å². The smallest absolute Gasteiger partial charge is 0.192 e. The Hall–Kier alpha value is -0.493. The van der Waals surface area contributed by atoms with Crippen molar-refractivity contribution in [3.05, 3.63) is 12.2 Å². The van der Waals surface area contributed by atoms with Gasteiger partial charge in [-0.3, -0.25) is 4.79 Å². The minimum atomic E-state index is -1.86. The van der Waals surface area contributed by atoms with Crippen LogP contribution in [0.25, 0.3) is 0 Å². The van der Waals surface area contributed by atoms with E-state index in [1.54, 1.807) is 6.08 Å². The average Bonchev–Trinajstić information content (AvgIpc) is 2.67. The van der Waals surface area contributed by atoms with E-state index in [1.165, 1.54) is 0 Å². The third-order valence-electron chi connectivity index (χ3n) is 5.01. The van der Waals surface area contributed by atoms with Crippen LogP contribution in [0, 0.1) is 0 Å². The summed E-state index contributed by atoms with van der Waals surface area (Å²) in [4.78, 5) is 11.8. The highest BCUT2D eigenvalue weighted by atomic mass is 28.4. The number of hydrogen-bond acceptors (Lipinski definition) is 4. The van der Waals surface area contributed by atoms with Gasteiger partial charge in [-0.1, -0.05) is 20.8 Å². The minimum absolute atomic E-state index is 0.0418. The molecule has 2 bridgehead atoms. The molecule has 5 heteroatoms. The Balaban J connectivity index is 2.15. The molecule has 0 radical (unpaired) electrons. The van der Waals surface area contributed by atoms with E-state index in [0.29, 0.717) is 19.6 Å². The zero-order chi connectivity index (χ0) is 15.9. The molecule has 2 heterocycles. The average molecular weight is 312 g/mol. The van der Waals surface area contributed by atoms with Crippen molar-refractivity contribution in [1.29, 1.82) is 0 Å². The SMILES string of the molecule is CCOC1C[C@H]2OC1(CO[Si](C)(C)C(C)(C)C)C=CC2=O. The second-order valence-corrected chi connectivity index (χ2v) is 12.3. The van der Waals surface area contributed by atoms with Crippen molar-refractivity contribution in [3.63, 3.8) is 0 Å². The Bertz CT molecular complexity index is 438. The molecule has 0 N–H and O–H groups in total. The molecule has 4 nitrogen and oxygen atoms in total. The molecule has 2 aliphatic heterocycles. The Morgan fingerprint density at radius 1 is 1.43 bits per heavy atom. The van der Waals surface area contributed by atoms with Gasteiger partial charge >= 0.3 is 0 Å². The number of ketones is 1. The predicted octanol–water partition coefficient (Wildman–Crippen LogP) is 3.08. The van der Waals surface area contributed by atoms with Gasteiger partial charge in [-0.05, 0) is 37.2 Å². The summed E-state index contributed by atoms with van der Waals surface area (Å²) in [7, 11) is -1.86. The molecule has 120 valence electrons. The van der Waals surface area contributed by atoms with E-state index in [-0.39, 0.29) is 23.0 Å². The second-order valence-electron chi connectivity index (χ2n) is 7.53. The van der Waals surface area contributed by atoms with Gasteiger partial charge in [0.2, 0.25) is 0 Å². The number of carbonyl (C=O) groups excluding carboxylic acids is 1. The highest BCUT2D eigenvalue weighted by Crippen LogP contribution is 2.42. The van der Waals surface area contributed by atoms with E-state index >= 15 is 0 Å². The van der Waals surface area contributed by atoms with Gasteiger partial charge in [-0.25, -0.2) is 0 Å². The first-order valence-electron chi connectivity index (χ1n) is 7.78. The molecule has 2 aliphatic rings. The van der Waals surface area contributed by atoms with Crippen LogP contribution in [0.1, 0.15) is 34.1 Å². The summed E-state index contributed by atoms with van der Waals surface area (Å²) in [5.74, 6) is 0.0418. The van der Waals surface area contributed by atoms with Crippen LogP contribution in [0.4, 0.5) is 0 Å². The lowest BCUT2D eigenvalue weighted by Crippen LogP contribution is -2.50. The molecule has 0 saturated carbocycles. The number of ether oxygens (including phenoxy) is 2. The highest BCUT2D eigenvalue weighted by molar-refractivity contribution is 6.74. The molecule has 0 aromatic carbocycles. The van der Waals surface area contributed by atoms with Crippen molar-refractivity contribution < 1.29 is 18.7 Å². The fraction of sp³-hybridized carbons (Fsp3) is 0.812. The van der Waals surface area contributed by atoms with Crippen molar-refractivity contribution in [3.8, 4) is 0 Å². The van der Waals surface area contributed by atoms with E-state index < -0.39 is 13.9 Å². The van der Waals surface area contributed by atoms with Gasteiger partial charge in [0, 0.05) is 13.0 Å². The molecule has 0 aliphatic carbocycles. The van der Waals surface area contributed by atoms with Crippen LogP contribution in [0.3, 0.4) is 0 Å². The van der Waals surface area contributed by atoms with Crippen molar-refractivity contribution in [1.82, 2.24) is 0 Å². The van der Waals surface area contributed by atoms with E-state index in [1.807, 2.05) is 13.0 Å². The summed E-state index contributed by atoms with van der Waals surface area (Å²) >= 11 is 0. The standard InChI is InChI=1S/C16H28O4Si/c1-7-18-14-10-13-12(17)8-9-16(14,20-13)11-19-21(5,6)15(2,3)4/h8-9,13-14H,7,10-11H2,1-6H3/t13-,14?,16?/m1/s1. The number of carbonyl (C=O) groups is 1. The van der Waals surface area contributed by atoms with Crippen LogP contribution in [-0.4, -0.2) is 45.1 Å². The molecule has 21 heavy (non-hydrogen) atoms. The van der Waals surface area contributed by atoms with Crippen LogP contribution in [0.5, 0.6) is 0 Å². The second kappa shape index (κ2) is 5.61. The lowest BCUT2D eigenvalue weighted by atomic mass is 9.98. The zero-order valence-electron chi connectivity index (χ0n) is 14.1. The summed E-state index contributed by atoms with van der Waals surface area (Å²) in [6.07, 6.45) is 3.66. The quantitative estimate of drug-likeness (QED) is 0.732. The molecule has 2 rings (SSSR count). The van der Waals surface area contributed by atoms with Gasteiger partial charge in [0.25, 0.3) is 0 Å². The van der Waals surface area contributed by atoms with Crippen LogP contribution in [0.2, 0.25) is 18.1 Å². The predicted molar refractivity (Wildman–Crippen MR) is 84.9 cm³/mol. The van der Waals surface area contributed by atoms with Crippen LogP contribution in [-0.2, 0) is 18.7 Å². The van der Waals surface area contributed by atoms with E-state index in [4.69, 9.17) is 13.9 Å². The normalized spacial score (nSPS) is 32.8. The van der Waals surface area contributed by atoms with Gasteiger partial charge in [0.15, 0.2) is 14.1 Å². The van der Waals surface area contributed by atoms with Crippen molar-refractivity contribution in [2.75, 3.05) is 13.2 Å². The molecule has 2 unspecified atom stereocenters. The van der Waals surface area contributed by atoms with Gasteiger partial charge in [0.1, 0.15) is 11.7 Å². The van der Waals surface area contributed by atoms with Crippen LogP contribution >= 0.6 is 0 Å². The Morgan fingerprint density at radius 2 is 2.10 bits per heavy atom. The zero-order valence-corrected chi connectivity index (χ0v) is 15.1. The van der Waals surface area contributed by atoms with Crippen LogP contribution < -0.4 is 0 Å². The summed E-state index contributed by atoms with van der Waals surface area (Å²) < 4.78 is 18.2. The van der Waals surface area contributed by atoms with Crippen molar-refractivity contribution in [2.24, 2.45) is 0 Å². The van der Waals surface area contributed by atoms with Gasteiger partial charge in [-0.2, -0.15) is 0 Å². The monoisotopic (exact) mass is 312 g/mol. The fourth-order valence-electron chi connectivity index (χ4n) is 2.53. The van der Waals surface area contributed by atoms with E-state index in [0.717, 1.165) is 0 Å². The lowest BCUT2D eigenvalue weighted by molar-refractivity contribution is -0.136. The third kappa shape index (κ3) is 3.16. The van der Waals surface area contributed by atoms with Crippen LogP contribution in [0.15, 0.2) is 12.2 Å². The topological polar surface area (TPSA) is 44.8 Å². The molecule has 0 spiro atoms. The summed E-state index contributed by atoms with van der Waals surface area (Å²) in [5.41, 5.74) is -0.593. The fourth-order valence-corrected chi connectivity index (χ4v) is 3.55. The van der Waals surface area contributed by atoms with Crippen molar-refractivity contribution >= 4 is 14.1 Å². The maximum absolute atomic E-state index is 11.8. The largest absolute Gasteiger partial charge is 0.413 e. The van der Waals surface area contributed by atoms with E-state index in [9.17, 15) is 4.79 Å². The molecule has 0 aromatic heterocycles. The summed E-state index contributed by atoms with van der Waals surface area (Å²) in [6, 6.07) is 0. The molecule has 1 fully saturated rings. The lowest BCUT2D eigenvalue weighted by Gasteiger charge is -2.40. The Kier molecular flexibility index (Phi) is 4.51. The minimum Gasteiger partial charge on any atom is -0.413 e. The maximum atomic E-state index is 11.8. The van der Waals surface area contributed by atoms with E-state index in [2.05, 4.69) is 33.9 Å². The van der Waals surface area contributed by atoms with Gasteiger partial charge in [-0.15, -0.1) is 0 Å². The Morgan fingerprint density at radius 3 is 2.67 bits per heavy atom. The molecule has 3 atom stereocenters. The summed E-state index contributed by atoms with van der Waals surface area (Å²) in [6.45, 7) is 14.2. The van der Waals surface area contributed by atoms with Gasteiger partial charge < -0.3 is 13.9 Å². The molecule has 0 aromatic rings.